The third-order valence-corrected chi connectivity index (χ3v) is 2.55. The number of rotatable bonds is 3. The second-order valence-corrected chi connectivity index (χ2v) is 3.59. The van der Waals surface area contributed by atoms with Crippen LogP contribution in [0.25, 0.3) is 11.3 Å². The van der Waals surface area contributed by atoms with Crippen LogP contribution in [0.4, 0.5) is 5.82 Å². The van der Waals surface area contributed by atoms with Crippen molar-refractivity contribution in [2.24, 2.45) is 0 Å². The molecule has 1 aromatic carbocycles. The van der Waals surface area contributed by atoms with Gasteiger partial charge in [0.05, 0.1) is 18.1 Å². The second-order valence-electron chi connectivity index (χ2n) is 3.59. The van der Waals surface area contributed by atoms with Crippen molar-refractivity contribution in [3.05, 3.63) is 42.2 Å². The van der Waals surface area contributed by atoms with Gasteiger partial charge in [0.2, 0.25) is 0 Å². The van der Waals surface area contributed by atoms with Crippen LogP contribution < -0.4 is 5.32 Å². The Hall–Kier alpha value is -1.90. The zero-order valence-electron chi connectivity index (χ0n) is 9.57. The molecule has 0 aliphatic heterocycles. The van der Waals surface area contributed by atoms with E-state index < -0.39 is 0 Å². The van der Waals surface area contributed by atoms with Crippen LogP contribution in [0.5, 0.6) is 0 Å². The summed E-state index contributed by atoms with van der Waals surface area (Å²) in [6.07, 6.45) is 4.55. The number of benzene rings is 1. The summed E-state index contributed by atoms with van der Waals surface area (Å²) < 4.78 is 0. The summed E-state index contributed by atoms with van der Waals surface area (Å²) in [6, 6.07) is 8.43. The lowest BCUT2D eigenvalue weighted by atomic mass is 10.1. The Balaban J connectivity index is 2.34. The minimum Gasteiger partial charge on any atom is -0.372 e. The molecule has 0 unspecified atom stereocenters. The number of aromatic nitrogens is 2. The average molecular weight is 213 g/mol. The van der Waals surface area contributed by atoms with Crippen LogP contribution in [0.1, 0.15) is 12.5 Å². The zero-order valence-corrected chi connectivity index (χ0v) is 9.57. The Labute approximate surface area is 95.6 Å². The van der Waals surface area contributed by atoms with Gasteiger partial charge in [0.15, 0.2) is 0 Å². The highest BCUT2D eigenvalue weighted by Crippen LogP contribution is 2.18. The smallest absolute Gasteiger partial charge is 0.144 e. The summed E-state index contributed by atoms with van der Waals surface area (Å²) in [5.41, 5.74) is 3.33. The average Bonchev–Trinajstić information content (AvgIpc) is 2.39. The van der Waals surface area contributed by atoms with Crippen LogP contribution in [0.2, 0.25) is 0 Å². The van der Waals surface area contributed by atoms with Gasteiger partial charge in [-0.25, -0.2) is 4.98 Å². The summed E-state index contributed by atoms with van der Waals surface area (Å²) in [6.45, 7) is 2.15. The summed E-state index contributed by atoms with van der Waals surface area (Å²) in [7, 11) is 1.84. The molecule has 0 amide bonds. The van der Waals surface area contributed by atoms with Crippen molar-refractivity contribution in [1.29, 1.82) is 0 Å². The molecule has 3 heteroatoms. The lowest BCUT2D eigenvalue weighted by molar-refractivity contribution is 1.14. The van der Waals surface area contributed by atoms with E-state index in [0.29, 0.717) is 0 Å². The first kappa shape index (κ1) is 10.6. The predicted molar refractivity (Wildman–Crippen MR) is 66.4 cm³/mol. The molecule has 1 aromatic heterocycles. The maximum absolute atomic E-state index is 4.44. The SMILES string of the molecule is CCc1ccc(-c2cncc(NC)n2)cc1. The van der Waals surface area contributed by atoms with Crippen molar-refractivity contribution < 1.29 is 0 Å². The van der Waals surface area contributed by atoms with E-state index in [1.165, 1.54) is 5.56 Å². The molecule has 3 nitrogen and oxygen atoms in total. The number of hydrogen-bond donors (Lipinski definition) is 1. The molecular weight excluding hydrogens is 198 g/mol. The van der Waals surface area contributed by atoms with Gasteiger partial charge < -0.3 is 5.32 Å². The van der Waals surface area contributed by atoms with Crippen LogP contribution in [0.15, 0.2) is 36.7 Å². The van der Waals surface area contributed by atoms with E-state index in [-0.39, 0.29) is 0 Å². The van der Waals surface area contributed by atoms with Gasteiger partial charge in [0.25, 0.3) is 0 Å². The molecule has 0 radical (unpaired) electrons. The summed E-state index contributed by atoms with van der Waals surface area (Å²) in [5, 5.41) is 2.99. The highest BCUT2D eigenvalue weighted by atomic mass is 15.0. The summed E-state index contributed by atoms with van der Waals surface area (Å²) in [5.74, 6) is 0.789. The number of nitrogens with one attached hydrogen (secondary N) is 1. The van der Waals surface area contributed by atoms with Crippen molar-refractivity contribution >= 4 is 5.82 Å². The fourth-order valence-corrected chi connectivity index (χ4v) is 1.54. The quantitative estimate of drug-likeness (QED) is 0.851. The molecular formula is C13H15N3. The molecule has 2 rings (SSSR count). The number of anilines is 1. The van der Waals surface area contributed by atoms with Gasteiger partial charge in [-0.05, 0) is 12.0 Å². The lowest BCUT2D eigenvalue weighted by Gasteiger charge is -2.04. The van der Waals surface area contributed by atoms with Crippen molar-refractivity contribution in [3.8, 4) is 11.3 Å². The third-order valence-electron chi connectivity index (χ3n) is 2.55. The van der Waals surface area contributed by atoms with Crippen molar-refractivity contribution in [2.75, 3.05) is 12.4 Å². The van der Waals surface area contributed by atoms with E-state index in [1.807, 2.05) is 7.05 Å². The zero-order chi connectivity index (χ0) is 11.4. The number of aryl methyl sites for hydroxylation is 1. The molecule has 0 saturated heterocycles. The molecule has 0 aliphatic carbocycles. The molecule has 1 heterocycles. The van der Waals surface area contributed by atoms with Gasteiger partial charge in [-0.1, -0.05) is 31.2 Å². The Bertz CT molecular complexity index is 463. The molecule has 0 spiro atoms. The van der Waals surface area contributed by atoms with Crippen LogP contribution >= 0.6 is 0 Å². The lowest BCUT2D eigenvalue weighted by Crippen LogP contribution is -1.95. The van der Waals surface area contributed by atoms with Gasteiger partial charge in [-0.15, -0.1) is 0 Å². The first-order chi connectivity index (χ1) is 7.83. The van der Waals surface area contributed by atoms with Crippen LogP contribution in [0, 0.1) is 0 Å². The highest BCUT2D eigenvalue weighted by Gasteiger charge is 2.00. The predicted octanol–water partition coefficient (Wildman–Crippen LogP) is 2.75. The fraction of sp³-hybridized carbons (Fsp3) is 0.231. The van der Waals surface area contributed by atoms with Crippen molar-refractivity contribution in [1.82, 2.24) is 9.97 Å². The van der Waals surface area contributed by atoms with Crippen LogP contribution in [-0.2, 0) is 6.42 Å². The highest BCUT2D eigenvalue weighted by molar-refractivity contribution is 5.60. The Morgan fingerprint density at radius 1 is 1.12 bits per heavy atom. The van der Waals surface area contributed by atoms with E-state index in [1.54, 1.807) is 12.4 Å². The largest absolute Gasteiger partial charge is 0.372 e. The normalized spacial score (nSPS) is 10.1. The maximum atomic E-state index is 4.44. The molecule has 0 saturated carbocycles. The molecule has 0 aliphatic rings. The molecule has 2 aromatic rings. The minimum absolute atomic E-state index is 0.789. The molecule has 82 valence electrons. The summed E-state index contributed by atoms with van der Waals surface area (Å²) in [4.78, 5) is 8.59. The van der Waals surface area contributed by atoms with Crippen LogP contribution in [-0.4, -0.2) is 17.0 Å². The standard InChI is InChI=1S/C13H15N3/c1-3-10-4-6-11(7-5-10)12-8-15-9-13(14-2)16-12/h4-9H,3H2,1-2H3,(H,14,16). The Kier molecular flexibility index (Phi) is 3.15. The van der Waals surface area contributed by atoms with Crippen LogP contribution in [0.3, 0.4) is 0 Å². The van der Waals surface area contributed by atoms with Gasteiger partial charge in [-0.3, -0.25) is 4.98 Å². The number of nitrogens with zero attached hydrogens (tertiary/aromatic N) is 2. The minimum atomic E-state index is 0.789. The first-order valence-electron chi connectivity index (χ1n) is 5.42. The monoisotopic (exact) mass is 213 g/mol. The van der Waals surface area contributed by atoms with E-state index >= 15 is 0 Å². The van der Waals surface area contributed by atoms with Crippen molar-refractivity contribution in [3.63, 3.8) is 0 Å². The molecule has 16 heavy (non-hydrogen) atoms. The van der Waals surface area contributed by atoms with E-state index in [0.717, 1.165) is 23.5 Å². The molecule has 0 bridgehead atoms. The third kappa shape index (κ3) is 2.19. The van der Waals surface area contributed by atoms with Crippen molar-refractivity contribution in [2.45, 2.75) is 13.3 Å². The number of hydrogen-bond acceptors (Lipinski definition) is 3. The van der Waals surface area contributed by atoms with Gasteiger partial charge >= 0.3 is 0 Å². The second kappa shape index (κ2) is 4.75. The van der Waals surface area contributed by atoms with E-state index in [4.69, 9.17) is 0 Å². The van der Waals surface area contributed by atoms with Gasteiger partial charge in [0, 0.05) is 12.6 Å². The molecule has 1 N–H and O–H groups in total. The molecule has 0 fully saturated rings. The van der Waals surface area contributed by atoms with E-state index in [9.17, 15) is 0 Å². The first-order valence-corrected chi connectivity index (χ1v) is 5.42. The Morgan fingerprint density at radius 3 is 2.50 bits per heavy atom. The molecule has 0 atom stereocenters. The van der Waals surface area contributed by atoms with E-state index in [2.05, 4.69) is 46.5 Å². The van der Waals surface area contributed by atoms with Gasteiger partial charge in [0.1, 0.15) is 5.82 Å². The fourth-order valence-electron chi connectivity index (χ4n) is 1.54. The summed E-state index contributed by atoms with van der Waals surface area (Å²) >= 11 is 0. The Morgan fingerprint density at radius 2 is 1.88 bits per heavy atom. The van der Waals surface area contributed by atoms with Gasteiger partial charge in [-0.2, -0.15) is 0 Å². The topological polar surface area (TPSA) is 37.8 Å². The maximum Gasteiger partial charge on any atom is 0.144 e.